The zero-order chi connectivity index (χ0) is 18.1. The molecule has 0 atom stereocenters. The molecule has 0 saturated heterocycles. The van der Waals surface area contributed by atoms with Crippen LogP contribution in [-0.2, 0) is 6.54 Å². The minimum Gasteiger partial charge on any atom is -0.322 e. The molecule has 4 rings (SSSR count). The Morgan fingerprint density at radius 1 is 1.23 bits per heavy atom. The van der Waals surface area contributed by atoms with Gasteiger partial charge in [0.05, 0.1) is 6.20 Å². The Morgan fingerprint density at radius 3 is 2.69 bits per heavy atom. The SMILES string of the molecule is CN(C)Cc1ccc(-c2ncc(Cl)c(Nc3cc(C4CC4)[nH]n3)n2)cc1. The molecule has 0 unspecified atom stereocenters. The number of aromatic amines is 1. The molecule has 6 nitrogen and oxygen atoms in total. The van der Waals surface area contributed by atoms with Crippen LogP contribution in [0.1, 0.15) is 30.0 Å². The van der Waals surface area contributed by atoms with Gasteiger partial charge in [-0.3, -0.25) is 5.10 Å². The lowest BCUT2D eigenvalue weighted by molar-refractivity contribution is 0.402. The molecule has 0 radical (unpaired) electrons. The topological polar surface area (TPSA) is 69.7 Å². The highest BCUT2D eigenvalue weighted by atomic mass is 35.5. The van der Waals surface area contributed by atoms with E-state index < -0.39 is 0 Å². The number of aromatic nitrogens is 4. The van der Waals surface area contributed by atoms with Crippen molar-refractivity contribution in [1.82, 2.24) is 25.1 Å². The van der Waals surface area contributed by atoms with Crippen molar-refractivity contribution in [3.63, 3.8) is 0 Å². The lowest BCUT2D eigenvalue weighted by Crippen LogP contribution is -2.10. The minimum atomic E-state index is 0.467. The maximum atomic E-state index is 6.27. The molecule has 7 heteroatoms. The van der Waals surface area contributed by atoms with Crippen molar-refractivity contribution in [2.75, 3.05) is 19.4 Å². The first-order valence-electron chi connectivity index (χ1n) is 8.67. The molecule has 0 amide bonds. The van der Waals surface area contributed by atoms with Gasteiger partial charge >= 0.3 is 0 Å². The summed E-state index contributed by atoms with van der Waals surface area (Å²) in [5.74, 6) is 2.53. The number of benzene rings is 1. The third kappa shape index (κ3) is 3.86. The fourth-order valence-corrected chi connectivity index (χ4v) is 2.98. The fraction of sp³-hybridized carbons (Fsp3) is 0.316. The van der Waals surface area contributed by atoms with Crippen LogP contribution in [0.3, 0.4) is 0 Å². The van der Waals surface area contributed by atoms with E-state index in [4.69, 9.17) is 11.6 Å². The quantitative estimate of drug-likeness (QED) is 0.682. The summed E-state index contributed by atoms with van der Waals surface area (Å²) in [7, 11) is 4.11. The number of rotatable bonds is 6. The van der Waals surface area contributed by atoms with Crippen LogP contribution in [0, 0.1) is 0 Å². The van der Waals surface area contributed by atoms with Crippen molar-refractivity contribution < 1.29 is 0 Å². The highest BCUT2D eigenvalue weighted by Crippen LogP contribution is 2.39. The maximum Gasteiger partial charge on any atom is 0.161 e. The molecule has 0 aliphatic heterocycles. The third-order valence-electron chi connectivity index (χ3n) is 4.32. The second-order valence-corrected chi connectivity index (χ2v) is 7.34. The highest BCUT2D eigenvalue weighted by molar-refractivity contribution is 6.32. The van der Waals surface area contributed by atoms with Gasteiger partial charge in [-0.1, -0.05) is 35.9 Å². The van der Waals surface area contributed by atoms with E-state index in [1.165, 1.54) is 18.4 Å². The first-order valence-corrected chi connectivity index (χ1v) is 9.05. The maximum absolute atomic E-state index is 6.27. The van der Waals surface area contributed by atoms with Crippen molar-refractivity contribution in [3.05, 3.63) is 52.8 Å². The third-order valence-corrected chi connectivity index (χ3v) is 4.59. The smallest absolute Gasteiger partial charge is 0.161 e. The number of hydrogen-bond acceptors (Lipinski definition) is 5. The molecule has 2 aromatic heterocycles. The van der Waals surface area contributed by atoms with Crippen molar-refractivity contribution in [2.45, 2.75) is 25.3 Å². The van der Waals surface area contributed by atoms with Crippen LogP contribution < -0.4 is 5.32 Å². The summed E-state index contributed by atoms with van der Waals surface area (Å²) in [6.45, 7) is 0.900. The zero-order valence-corrected chi connectivity index (χ0v) is 15.6. The van der Waals surface area contributed by atoms with E-state index in [-0.39, 0.29) is 0 Å². The van der Waals surface area contributed by atoms with Crippen molar-refractivity contribution >= 4 is 23.2 Å². The number of H-pyrrole nitrogens is 1. The summed E-state index contributed by atoms with van der Waals surface area (Å²) in [5.41, 5.74) is 3.36. The van der Waals surface area contributed by atoms with E-state index in [0.717, 1.165) is 23.6 Å². The van der Waals surface area contributed by atoms with Crippen molar-refractivity contribution in [2.24, 2.45) is 0 Å². The molecule has 134 valence electrons. The van der Waals surface area contributed by atoms with E-state index in [9.17, 15) is 0 Å². The van der Waals surface area contributed by atoms with Crippen molar-refractivity contribution in [1.29, 1.82) is 0 Å². The molecular weight excluding hydrogens is 348 g/mol. The van der Waals surface area contributed by atoms with E-state index in [0.29, 0.717) is 22.6 Å². The monoisotopic (exact) mass is 368 g/mol. The molecule has 26 heavy (non-hydrogen) atoms. The summed E-state index contributed by atoms with van der Waals surface area (Å²) >= 11 is 6.27. The Hall–Kier alpha value is -2.44. The first kappa shape index (κ1) is 17.0. The Kier molecular flexibility index (Phi) is 4.61. The van der Waals surface area contributed by atoms with Crippen LogP contribution in [0.2, 0.25) is 5.02 Å². The van der Waals surface area contributed by atoms with Crippen LogP contribution in [0.5, 0.6) is 0 Å². The molecule has 1 aliphatic carbocycles. The average molecular weight is 369 g/mol. The molecule has 1 aliphatic rings. The predicted octanol–water partition coefficient (Wildman–Crippen LogP) is 4.20. The van der Waals surface area contributed by atoms with E-state index >= 15 is 0 Å². The molecule has 2 N–H and O–H groups in total. The normalized spacial score (nSPS) is 14.0. The van der Waals surface area contributed by atoms with Gasteiger partial charge in [-0.2, -0.15) is 5.10 Å². The lowest BCUT2D eigenvalue weighted by Gasteiger charge is -2.10. The van der Waals surface area contributed by atoms with Gasteiger partial charge in [0.2, 0.25) is 0 Å². The number of nitrogens with one attached hydrogen (secondary N) is 2. The molecule has 1 aromatic carbocycles. The summed E-state index contributed by atoms with van der Waals surface area (Å²) < 4.78 is 0. The van der Waals surface area contributed by atoms with Gasteiger partial charge in [0.1, 0.15) is 5.02 Å². The molecule has 0 spiro atoms. The zero-order valence-electron chi connectivity index (χ0n) is 14.8. The van der Waals surface area contributed by atoms with Gasteiger partial charge in [0.15, 0.2) is 17.5 Å². The lowest BCUT2D eigenvalue weighted by atomic mass is 10.1. The van der Waals surface area contributed by atoms with Gasteiger partial charge < -0.3 is 10.2 Å². The molecular formula is C19H21ClN6. The Bertz CT molecular complexity index is 899. The Morgan fingerprint density at radius 2 is 2.00 bits per heavy atom. The van der Waals surface area contributed by atoms with Gasteiger partial charge in [-0.05, 0) is 32.5 Å². The first-order chi connectivity index (χ1) is 12.6. The fourth-order valence-electron chi connectivity index (χ4n) is 2.84. The van der Waals surface area contributed by atoms with Crippen LogP contribution in [-0.4, -0.2) is 39.2 Å². The molecule has 3 aromatic rings. The summed E-state index contributed by atoms with van der Waals surface area (Å²) in [6.07, 6.45) is 4.07. The van der Waals surface area contributed by atoms with Gasteiger partial charge in [-0.15, -0.1) is 0 Å². The van der Waals surface area contributed by atoms with Crippen molar-refractivity contribution in [3.8, 4) is 11.4 Å². The molecule has 0 bridgehead atoms. The Labute approximate surface area is 157 Å². The van der Waals surface area contributed by atoms with Gasteiger partial charge in [0.25, 0.3) is 0 Å². The van der Waals surface area contributed by atoms with Crippen LogP contribution in [0.25, 0.3) is 11.4 Å². The number of nitrogens with zero attached hydrogens (tertiary/aromatic N) is 4. The molecule has 2 heterocycles. The predicted molar refractivity (Wildman–Crippen MR) is 104 cm³/mol. The standard InChI is InChI=1S/C19H21ClN6/c1-26(2)11-12-3-5-14(6-4-12)18-21-10-15(20)19(23-18)22-17-9-16(24-25-17)13-7-8-13/h3-6,9-10,13H,7-8,11H2,1-2H3,(H2,21,22,23,24,25). The van der Waals surface area contributed by atoms with E-state index in [2.05, 4.69) is 56.6 Å². The second kappa shape index (κ2) is 7.05. The number of anilines is 2. The average Bonchev–Trinajstić information content (AvgIpc) is 3.37. The summed E-state index contributed by atoms with van der Waals surface area (Å²) in [5, 5.41) is 11.0. The minimum absolute atomic E-state index is 0.467. The van der Waals surface area contributed by atoms with E-state index in [1.54, 1.807) is 6.20 Å². The van der Waals surface area contributed by atoms with Gasteiger partial charge in [-0.25, -0.2) is 9.97 Å². The summed E-state index contributed by atoms with van der Waals surface area (Å²) in [6, 6.07) is 10.3. The number of hydrogen-bond donors (Lipinski definition) is 2. The Balaban J connectivity index is 1.55. The van der Waals surface area contributed by atoms with Crippen LogP contribution in [0.15, 0.2) is 36.5 Å². The van der Waals surface area contributed by atoms with Gasteiger partial charge in [0, 0.05) is 29.8 Å². The number of halogens is 1. The highest BCUT2D eigenvalue weighted by Gasteiger charge is 2.25. The largest absolute Gasteiger partial charge is 0.322 e. The second-order valence-electron chi connectivity index (χ2n) is 6.93. The van der Waals surface area contributed by atoms with Crippen LogP contribution in [0.4, 0.5) is 11.6 Å². The van der Waals surface area contributed by atoms with Crippen LogP contribution >= 0.6 is 11.6 Å². The molecule has 1 saturated carbocycles. The molecule has 1 fully saturated rings. The van der Waals surface area contributed by atoms with E-state index in [1.807, 2.05) is 18.2 Å². The summed E-state index contributed by atoms with van der Waals surface area (Å²) in [4.78, 5) is 11.1.